The van der Waals surface area contributed by atoms with Crippen LogP contribution in [0.4, 0.5) is 17.1 Å². The average Bonchev–Trinajstić information content (AvgIpc) is 4.06. The van der Waals surface area contributed by atoms with E-state index in [0.717, 1.165) is 67.9 Å². The summed E-state index contributed by atoms with van der Waals surface area (Å²) in [5.41, 5.74) is 21.0. The monoisotopic (exact) mass is 955 g/mol. The predicted octanol–water partition coefficient (Wildman–Crippen LogP) is 18.6. The highest BCUT2D eigenvalue weighted by atomic mass is 16.5. The Hall–Kier alpha value is -9.70. The molecule has 3 heteroatoms. The van der Waals surface area contributed by atoms with E-state index in [9.17, 15) is 0 Å². The van der Waals surface area contributed by atoms with Crippen LogP contribution in [0.5, 0.6) is 23.0 Å². The SMILES string of the molecule is c1ccc(-c2ccc(-c3ccc(N(c4cccc5c4-c4ccccc4C54c5ccccc5Oc5ccccc54)c4cccc5c4-c4cc6ccccc6cc4C54c5ccccc5Oc5ccccc54)cc3)cc2)cc1. The third kappa shape index (κ3) is 5.75. The largest absolute Gasteiger partial charge is 0.457 e. The lowest BCUT2D eigenvalue weighted by molar-refractivity contribution is 0.436. The maximum Gasteiger partial charge on any atom is 0.132 e. The van der Waals surface area contributed by atoms with Crippen molar-refractivity contribution in [3.05, 3.63) is 317 Å². The zero-order chi connectivity index (χ0) is 49.2. The summed E-state index contributed by atoms with van der Waals surface area (Å²) >= 11 is 0. The Kier molecular flexibility index (Phi) is 8.88. The van der Waals surface area contributed by atoms with Gasteiger partial charge in [0.25, 0.3) is 0 Å². The summed E-state index contributed by atoms with van der Waals surface area (Å²) < 4.78 is 13.6. The van der Waals surface area contributed by atoms with E-state index in [2.05, 4.69) is 278 Å². The molecule has 3 nitrogen and oxygen atoms in total. The quantitative estimate of drug-likeness (QED) is 0.172. The number of para-hydroxylation sites is 4. The van der Waals surface area contributed by atoms with Gasteiger partial charge < -0.3 is 14.4 Å². The van der Waals surface area contributed by atoms with Crippen molar-refractivity contribution >= 4 is 27.8 Å². The second-order valence-corrected chi connectivity index (χ2v) is 20.2. The normalized spacial score (nSPS) is 14.0. The number of benzene rings is 12. The molecule has 0 radical (unpaired) electrons. The third-order valence-corrected chi connectivity index (χ3v) is 16.6. The fraction of sp³-hybridized carbons (Fsp3) is 0.0278. The minimum absolute atomic E-state index is 0.640. The van der Waals surface area contributed by atoms with E-state index < -0.39 is 10.8 Å². The Labute approximate surface area is 435 Å². The minimum atomic E-state index is -0.678. The van der Waals surface area contributed by atoms with Crippen LogP contribution in [0.2, 0.25) is 0 Å². The van der Waals surface area contributed by atoms with Gasteiger partial charge in [-0.1, -0.05) is 212 Å². The Balaban J connectivity index is 0.990. The van der Waals surface area contributed by atoms with Crippen molar-refractivity contribution in [2.45, 2.75) is 10.8 Å². The van der Waals surface area contributed by atoms with Crippen LogP contribution in [0.3, 0.4) is 0 Å². The van der Waals surface area contributed by atoms with E-state index >= 15 is 0 Å². The van der Waals surface area contributed by atoms with Gasteiger partial charge in [-0.25, -0.2) is 0 Å². The fourth-order valence-electron chi connectivity index (χ4n) is 13.6. The van der Waals surface area contributed by atoms with E-state index in [0.29, 0.717) is 0 Å². The van der Waals surface area contributed by atoms with Crippen molar-refractivity contribution in [2.24, 2.45) is 0 Å². The van der Waals surface area contributed by atoms with E-state index in [-0.39, 0.29) is 0 Å². The first-order valence-corrected chi connectivity index (χ1v) is 25.9. The van der Waals surface area contributed by atoms with Crippen LogP contribution in [0.1, 0.15) is 44.5 Å². The Morgan fingerprint density at radius 1 is 0.253 bits per heavy atom. The topological polar surface area (TPSA) is 21.7 Å². The Morgan fingerprint density at radius 2 is 0.627 bits per heavy atom. The molecule has 2 spiro atoms. The molecule has 0 amide bonds. The summed E-state index contributed by atoms with van der Waals surface area (Å²) in [4.78, 5) is 2.56. The molecule has 0 atom stereocenters. The zero-order valence-electron chi connectivity index (χ0n) is 40.7. The maximum atomic E-state index is 6.84. The Bertz CT molecular complexity index is 4220. The van der Waals surface area contributed by atoms with Crippen LogP contribution in [-0.4, -0.2) is 0 Å². The molecule has 16 rings (SSSR count). The van der Waals surface area contributed by atoms with Gasteiger partial charge in [0.2, 0.25) is 0 Å². The standard InChI is InChI=1S/C72H45NO2/c1-2-18-46(19-3-1)47-36-38-48(39-37-47)49-40-42-52(43-41-49)73(63-30-16-28-60-69(63)53-22-6-7-23-55(53)71(60)56-24-8-12-32-65(56)74-66-33-13-9-25-57(66)71)64-31-17-29-61-70(64)54-44-50-20-4-5-21-51(50)45-62(54)72(61)58-26-10-14-34-67(58)75-68-35-15-11-27-59(68)72/h1-45H. The van der Waals surface area contributed by atoms with Crippen LogP contribution < -0.4 is 14.4 Å². The first kappa shape index (κ1) is 41.9. The Morgan fingerprint density at radius 3 is 1.15 bits per heavy atom. The van der Waals surface area contributed by atoms with Crippen LogP contribution in [0.15, 0.2) is 273 Å². The highest BCUT2D eigenvalue weighted by molar-refractivity contribution is 6.05. The molecule has 0 unspecified atom stereocenters. The molecule has 0 N–H and O–H groups in total. The van der Waals surface area contributed by atoms with Gasteiger partial charge in [0.15, 0.2) is 0 Å². The molecule has 0 saturated carbocycles. The molecule has 75 heavy (non-hydrogen) atoms. The molecular formula is C72H45NO2. The number of nitrogens with zero attached hydrogens (tertiary/aromatic N) is 1. The van der Waals surface area contributed by atoms with Gasteiger partial charge in [0.05, 0.1) is 22.2 Å². The number of rotatable bonds is 5. The molecule has 0 aromatic heterocycles. The zero-order valence-corrected chi connectivity index (χ0v) is 40.7. The third-order valence-electron chi connectivity index (χ3n) is 16.6. The first-order valence-electron chi connectivity index (χ1n) is 25.9. The summed E-state index contributed by atoms with van der Waals surface area (Å²) in [6.45, 7) is 0. The summed E-state index contributed by atoms with van der Waals surface area (Å²) in [5.74, 6) is 3.50. The molecule has 350 valence electrons. The molecule has 12 aromatic carbocycles. The number of fused-ring (bicyclic) bond motifs is 19. The van der Waals surface area contributed by atoms with E-state index in [4.69, 9.17) is 9.47 Å². The maximum absolute atomic E-state index is 6.84. The highest BCUT2D eigenvalue weighted by Gasteiger charge is 2.54. The van der Waals surface area contributed by atoms with Gasteiger partial charge in [0.1, 0.15) is 23.0 Å². The second kappa shape index (κ2) is 15.9. The smallest absolute Gasteiger partial charge is 0.132 e. The van der Waals surface area contributed by atoms with Crippen molar-refractivity contribution in [1.82, 2.24) is 0 Å². The summed E-state index contributed by atoms with van der Waals surface area (Å²) in [7, 11) is 0. The molecule has 4 aliphatic rings. The summed E-state index contributed by atoms with van der Waals surface area (Å²) in [6.07, 6.45) is 0. The van der Waals surface area contributed by atoms with E-state index in [1.165, 1.54) is 72.0 Å². The van der Waals surface area contributed by atoms with Crippen molar-refractivity contribution in [1.29, 1.82) is 0 Å². The predicted molar refractivity (Wildman–Crippen MR) is 304 cm³/mol. The van der Waals surface area contributed by atoms with Crippen molar-refractivity contribution in [3.8, 4) is 67.5 Å². The van der Waals surface area contributed by atoms with E-state index in [1.54, 1.807) is 0 Å². The molecule has 0 fully saturated rings. The molecule has 2 aliphatic heterocycles. The van der Waals surface area contributed by atoms with Crippen molar-refractivity contribution in [3.63, 3.8) is 0 Å². The molecule has 12 aromatic rings. The van der Waals surface area contributed by atoms with E-state index in [1.807, 2.05) is 0 Å². The average molecular weight is 956 g/mol. The lowest BCUT2D eigenvalue weighted by Gasteiger charge is -2.40. The van der Waals surface area contributed by atoms with Gasteiger partial charge in [0, 0.05) is 39.1 Å². The van der Waals surface area contributed by atoms with Crippen molar-refractivity contribution < 1.29 is 9.47 Å². The number of anilines is 3. The van der Waals surface area contributed by atoms with Crippen LogP contribution >= 0.6 is 0 Å². The van der Waals surface area contributed by atoms with Gasteiger partial charge in [-0.05, 0) is 127 Å². The number of ether oxygens (including phenoxy) is 2. The lowest BCUT2D eigenvalue weighted by Crippen LogP contribution is -2.32. The van der Waals surface area contributed by atoms with Gasteiger partial charge in [-0.3, -0.25) is 0 Å². The summed E-state index contributed by atoms with van der Waals surface area (Å²) in [5, 5.41) is 2.40. The first-order chi connectivity index (χ1) is 37.2. The van der Waals surface area contributed by atoms with Gasteiger partial charge in [-0.2, -0.15) is 0 Å². The van der Waals surface area contributed by atoms with Crippen molar-refractivity contribution in [2.75, 3.05) is 4.90 Å². The summed E-state index contributed by atoms with van der Waals surface area (Å²) in [6, 6.07) is 100. The minimum Gasteiger partial charge on any atom is -0.457 e. The molecule has 2 aliphatic carbocycles. The number of hydrogen-bond acceptors (Lipinski definition) is 3. The molecule has 2 heterocycles. The van der Waals surface area contributed by atoms with Crippen LogP contribution in [-0.2, 0) is 10.8 Å². The molecule has 0 bridgehead atoms. The van der Waals surface area contributed by atoms with Gasteiger partial charge >= 0.3 is 0 Å². The van der Waals surface area contributed by atoms with Crippen LogP contribution in [0, 0.1) is 0 Å². The lowest BCUT2D eigenvalue weighted by atomic mass is 9.66. The molecule has 0 saturated heterocycles. The highest BCUT2D eigenvalue weighted by Crippen LogP contribution is 2.67. The van der Waals surface area contributed by atoms with Crippen LogP contribution in [0.25, 0.3) is 55.3 Å². The fourth-order valence-corrected chi connectivity index (χ4v) is 13.6. The molecular weight excluding hydrogens is 911 g/mol. The number of hydrogen-bond donors (Lipinski definition) is 0. The second-order valence-electron chi connectivity index (χ2n) is 20.2. The van der Waals surface area contributed by atoms with Gasteiger partial charge in [-0.15, -0.1) is 0 Å².